The van der Waals surface area contributed by atoms with Crippen molar-refractivity contribution in [1.29, 1.82) is 0 Å². The van der Waals surface area contributed by atoms with Gasteiger partial charge in [-0.25, -0.2) is 43.6 Å². The van der Waals surface area contributed by atoms with Crippen LogP contribution >= 0.6 is 0 Å². The van der Waals surface area contributed by atoms with Crippen LogP contribution in [0.5, 0.6) is 0 Å². The van der Waals surface area contributed by atoms with Gasteiger partial charge in [-0.1, -0.05) is 48.5 Å². The Balaban J connectivity index is 0.00000271. The average Bonchev–Trinajstić information content (AvgIpc) is 3.10. The molecule has 0 radical (unpaired) electrons. The van der Waals surface area contributed by atoms with Crippen LogP contribution in [0.1, 0.15) is 0 Å². The molecule has 0 saturated carbocycles. The van der Waals surface area contributed by atoms with Gasteiger partial charge in [0, 0.05) is 22.3 Å². The van der Waals surface area contributed by atoms with Gasteiger partial charge in [-0.05, 0) is 48.5 Å². The summed E-state index contributed by atoms with van der Waals surface area (Å²) in [4.78, 5) is 6.24. The minimum absolute atomic E-state index is 0. The van der Waals surface area contributed by atoms with Crippen LogP contribution in [0.2, 0.25) is 0 Å². The van der Waals surface area contributed by atoms with Gasteiger partial charge in [0.2, 0.25) is 11.6 Å². The molecule has 56 heavy (non-hydrogen) atoms. The molecular formula is C30H16N6Na4O12S4. The fourth-order valence-electron chi connectivity index (χ4n) is 4.83. The summed E-state index contributed by atoms with van der Waals surface area (Å²) in [6, 6.07) is 18.3. The van der Waals surface area contributed by atoms with Crippen molar-refractivity contribution >= 4 is 40.5 Å². The number of hydrogen-bond donors (Lipinski definition) is 0. The number of nitrogens with zero attached hydrogens (tertiary/aromatic N) is 6. The summed E-state index contributed by atoms with van der Waals surface area (Å²) < 4.78 is 142. The van der Waals surface area contributed by atoms with Crippen molar-refractivity contribution < 1.29 is 170 Å². The van der Waals surface area contributed by atoms with Crippen molar-refractivity contribution in [3.05, 3.63) is 97.1 Å². The van der Waals surface area contributed by atoms with Crippen LogP contribution in [-0.4, -0.2) is 82.2 Å². The van der Waals surface area contributed by atoms with Crippen LogP contribution in [0, 0.1) is 0 Å². The van der Waals surface area contributed by atoms with E-state index < -0.39 is 71.7 Å². The Morgan fingerprint density at radius 1 is 0.339 bits per heavy atom. The summed E-state index contributed by atoms with van der Waals surface area (Å²) in [6.45, 7) is 0. The first-order valence-corrected chi connectivity index (χ1v) is 19.7. The van der Waals surface area contributed by atoms with E-state index in [-0.39, 0.29) is 163 Å². The van der Waals surface area contributed by atoms with Crippen LogP contribution in [0.4, 0.5) is 0 Å². The molecular weight excluding hydrogens is 857 g/mol. The molecule has 0 fully saturated rings. The average molecular weight is 873 g/mol. The summed E-state index contributed by atoms with van der Waals surface area (Å²) in [7, 11) is -19.9. The molecule has 0 aliphatic carbocycles. The molecule has 2 heterocycles. The maximum Gasteiger partial charge on any atom is 1.00 e. The summed E-state index contributed by atoms with van der Waals surface area (Å²) in [5.74, 6) is -0.823. The zero-order valence-electron chi connectivity index (χ0n) is 29.5. The van der Waals surface area contributed by atoms with E-state index in [1.807, 2.05) is 0 Å². The fraction of sp³-hybridized carbons (Fsp3) is 0. The molecule has 0 aliphatic rings. The van der Waals surface area contributed by atoms with Gasteiger partial charge in [-0.3, -0.25) is 0 Å². The van der Waals surface area contributed by atoms with E-state index in [4.69, 9.17) is 0 Å². The quantitative estimate of drug-likeness (QED) is 0.0962. The Hall–Kier alpha value is -1.46. The van der Waals surface area contributed by atoms with E-state index in [0.29, 0.717) is 0 Å². The molecule has 2 aromatic heterocycles. The van der Waals surface area contributed by atoms with Crippen LogP contribution in [-0.2, 0) is 40.5 Å². The summed E-state index contributed by atoms with van der Waals surface area (Å²) in [5, 5.41) is 16.3. The summed E-state index contributed by atoms with van der Waals surface area (Å²) in [6.07, 6.45) is 0. The standard InChI is InChI=1S/C30H20N6O12S4.4Na/c37-49(38,39)21-9-1-5-17(13-21)25-27(19-7-3-11-23(15-19)51(43,44)45)33-35-29(31-25)30-32-26(18-6-2-10-22(14-18)50(40,41)42)28(34-36-30)20-8-4-12-24(16-20)52(46,47)48;;;;/h1-16H,(H,37,38,39)(H,40,41,42)(H,43,44,45)(H,46,47,48);;;;/q;4*+1/p-4. The first kappa shape index (κ1) is 50.7. The number of hydrogen-bond acceptors (Lipinski definition) is 18. The van der Waals surface area contributed by atoms with Crippen LogP contribution in [0.25, 0.3) is 56.7 Å². The van der Waals surface area contributed by atoms with Gasteiger partial charge in [-0.2, -0.15) is 0 Å². The maximum atomic E-state index is 11.9. The summed E-state index contributed by atoms with van der Waals surface area (Å²) >= 11 is 0. The van der Waals surface area contributed by atoms with E-state index in [9.17, 15) is 51.9 Å². The molecule has 266 valence electrons. The zero-order valence-corrected chi connectivity index (χ0v) is 40.7. The largest absolute Gasteiger partial charge is 1.00 e. The van der Waals surface area contributed by atoms with E-state index in [1.165, 1.54) is 48.5 Å². The molecule has 0 N–H and O–H groups in total. The van der Waals surface area contributed by atoms with Crippen LogP contribution in [0.15, 0.2) is 117 Å². The van der Waals surface area contributed by atoms with Crippen molar-refractivity contribution in [2.24, 2.45) is 0 Å². The molecule has 0 unspecified atom stereocenters. The Kier molecular flexibility index (Phi) is 17.9. The molecule has 4 aromatic carbocycles. The second kappa shape index (κ2) is 19.7. The van der Waals surface area contributed by atoms with Gasteiger partial charge in [0.25, 0.3) is 0 Å². The third-order valence-electron chi connectivity index (χ3n) is 7.16. The van der Waals surface area contributed by atoms with E-state index in [1.54, 1.807) is 0 Å². The Labute approximate surface area is 408 Å². The normalized spacial score (nSPS) is 11.6. The smallest absolute Gasteiger partial charge is 0.744 e. The van der Waals surface area contributed by atoms with E-state index in [0.717, 1.165) is 48.5 Å². The van der Waals surface area contributed by atoms with Gasteiger partial charge in [0.1, 0.15) is 63.2 Å². The molecule has 6 rings (SSSR count). The van der Waals surface area contributed by atoms with Gasteiger partial charge in [-0.15, -0.1) is 20.4 Å². The predicted octanol–water partition coefficient (Wildman–Crippen LogP) is -9.98. The fourth-order valence-corrected chi connectivity index (χ4v) is 6.89. The molecule has 6 aromatic rings. The minimum atomic E-state index is -4.98. The predicted molar refractivity (Wildman–Crippen MR) is 172 cm³/mol. The molecule has 0 spiro atoms. The van der Waals surface area contributed by atoms with Crippen molar-refractivity contribution in [1.82, 2.24) is 30.4 Å². The minimum Gasteiger partial charge on any atom is -0.744 e. The Morgan fingerprint density at radius 3 is 0.804 bits per heavy atom. The number of benzene rings is 4. The van der Waals surface area contributed by atoms with Gasteiger partial charge >= 0.3 is 118 Å². The molecule has 0 atom stereocenters. The maximum absolute atomic E-state index is 11.9. The second-order valence-corrected chi connectivity index (χ2v) is 16.1. The van der Waals surface area contributed by atoms with Crippen molar-refractivity contribution in [3.63, 3.8) is 0 Å². The van der Waals surface area contributed by atoms with Crippen LogP contribution < -0.4 is 118 Å². The molecule has 0 amide bonds. The molecule has 0 bridgehead atoms. The Morgan fingerprint density at radius 2 is 0.571 bits per heavy atom. The molecule has 0 saturated heterocycles. The SMILES string of the molecule is O=S(=O)([O-])c1cccc(-c2nnc(-c3nnc(-c4cccc(S(=O)(=O)[O-])c4)c(-c4cccc(S(=O)(=O)[O-])c4)n3)nc2-c2cccc(S(=O)(=O)[O-])c2)c1.[Na+].[Na+].[Na+].[Na+]. The molecule has 0 aliphatic heterocycles. The number of rotatable bonds is 9. The van der Waals surface area contributed by atoms with E-state index in [2.05, 4.69) is 30.4 Å². The van der Waals surface area contributed by atoms with Crippen LogP contribution in [0.3, 0.4) is 0 Å². The van der Waals surface area contributed by atoms with E-state index >= 15 is 0 Å². The third kappa shape index (κ3) is 11.8. The first-order chi connectivity index (χ1) is 24.3. The number of aromatic nitrogens is 6. The molecule has 26 heteroatoms. The van der Waals surface area contributed by atoms with Crippen molar-refractivity contribution in [3.8, 4) is 56.7 Å². The van der Waals surface area contributed by atoms with Crippen molar-refractivity contribution in [2.75, 3.05) is 0 Å². The van der Waals surface area contributed by atoms with Gasteiger partial charge in [0.05, 0.1) is 19.6 Å². The third-order valence-corrected chi connectivity index (χ3v) is 10.5. The zero-order chi connectivity index (χ0) is 37.6. The monoisotopic (exact) mass is 872 g/mol. The second-order valence-electron chi connectivity index (χ2n) is 10.6. The van der Waals surface area contributed by atoms with Gasteiger partial charge < -0.3 is 18.2 Å². The topological polar surface area (TPSA) is 306 Å². The first-order valence-electron chi connectivity index (χ1n) is 14.0. The van der Waals surface area contributed by atoms with Gasteiger partial charge in [0.15, 0.2) is 0 Å². The Bertz CT molecular complexity index is 2700. The summed E-state index contributed by atoms with van der Waals surface area (Å²) in [5.41, 5.74) is -0.831. The van der Waals surface area contributed by atoms with Crippen molar-refractivity contribution in [2.45, 2.75) is 19.6 Å². The molecule has 18 nitrogen and oxygen atoms in total.